The summed E-state index contributed by atoms with van der Waals surface area (Å²) in [4.78, 5) is 27.0. The van der Waals surface area contributed by atoms with Gasteiger partial charge in [-0.25, -0.2) is 19.7 Å². The van der Waals surface area contributed by atoms with Crippen LogP contribution in [0.4, 0.5) is 19.0 Å². The van der Waals surface area contributed by atoms with Gasteiger partial charge in [-0.2, -0.15) is 13.2 Å². The Morgan fingerprint density at radius 2 is 1.78 bits per heavy atom. The number of aromatic nitrogens is 4. The minimum atomic E-state index is -4.43. The largest absolute Gasteiger partial charge is 0.475 e. The number of hydrogen-bond acceptors (Lipinski definition) is 5. The molecular formula is C27H28F3N5O2. The molecule has 0 aliphatic carbocycles. The van der Waals surface area contributed by atoms with E-state index in [0.29, 0.717) is 35.2 Å². The maximum absolute atomic E-state index is 13.1. The monoisotopic (exact) mass is 511 g/mol. The van der Waals surface area contributed by atoms with E-state index in [1.807, 2.05) is 47.7 Å². The van der Waals surface area contributed by atoms with E-state index >= 15 is 0 Å². The van der Waals surface area contributed by atoms with Crippen LogP contribution in [0.2, 0.25) is 0 Å². The van der Waals surface area contributed by atoms with Gasteiger partial charge in [0.25, 0.3) is 0 Å². The zero-order valence-electron chi connectivity index (χ0n) is 21.0. The van der Waals surface area contributed by atoms with Crippen molar-refractivity contribution in [1.82, 2.24) is 19.5 Å². The summed E-state index contributed by atoms with van der Waals surface area (Å²) in [6.45, 7) is 6.94. The lowest BCUT2D eigenvalue weighted by molar-refractivity contribution is -0.137. The zero-order valence-corrected chi connectivity index (χ0v) is 21.0. The second kappa shape index (κ2) is 10.2. The van der Waals surface area contributed by atoms with Gasteiger partial charge in [0.05, 0.1) is 5.56 Å². The van der Waals surface area contributed by atoms with Crippen molar-refractivity contribution < 1.29 is 23.1 Å². The lowest BCUT2D eigenvalue weighted by Crippen LogP contribution is -2.23. The Hall–Kier alpha value is -3.95. The van der Waals surface area contributed by atoms with Crippen LogP contribution < -0.4 is 4.90 Å². The molecule has 2 aromatic heterocycles. The Balaban J connectivity index is 1.93. The highest BCUT2D eigenvalue weighted by atomic mass is 19.4. The van der Waals surface area contributed by atoms with Crippen LogP contribution in [0.1, 0.15) is 47.6 Å². The molecule has 4 aromatic rings. The number of carbonyl (C=O) groups is 1. The van der Waals surface area contributed by atoms with Crippen molar-refractivity contribution in [2.24, 2.45) is 5.92 Å². The maximum atomic E-state index is 13.1. The van der Waals surface area contributed by atoms with Gasteiger partial charge in [0.15, 0.2) is 11.5 Å². The van der Waals surface area contributed by atoms with Gasteiger partial charge in [-0.3, -0.25) is 0 Å². The number of carboxylic acids is 1. The molecule has 1 N–H and O–H groups in total. The Morgan fingerprint density at radius 1 is 1.08 bits per heavy atom. The number of halogens is 3. The molecule has 7 nitrogen and oxygen atoms in total. The van der Waals surface area contributed by atoms with E-state index in [2.05, 4.69) is 23.8 Å². The highest BCUT2D eigenvalue weighted by Crippen LogP contribution is 2.33. The van der Waals surface area contributed by atoms with E-state index in [4.69, 9.17) is 4.98 Å². The van der Waals surface area contributed by atoms with Gasteiger partial charge in [-0.05, 0) is 43.0 Å². The molecule has 0 aliphatic rings. The number of imidazole rings is 1. The van der Waals surface area contributed by atoms with Gasteiger partial charge in [-0.1, -0.05) is 49.7 Å². The van der Waals surface area contributed by atoms with Gasteiger partial charge in [-0.15, -0.1) is 0 Å². The Bertz CT molecular complexity index is 1430. The average molecular weight is 512 g/mol. The fraction of sp³-hybridized carbons (Fsp3) is 0.333. The summed E-state index contributed by atoms with van der Waals surface area (Å²) in [7, 11) is 1.83. The summed E-state index contributed by atoms with van der Waals surface area (Å²) in [5.74, 6) is -0.294. The van der Waals surface area contributed by atoms with Crippen LogP contribution in [-0.2, 0) is 12.7 Å². The van der Waals surface area contributed by atoms with Crippen LogP contribution in [-0.4, -0.2) is 44.2 Å². The zero-order chi connectivity index (χ0) is 26.9. The molecule has 2 aromatic carbocycles. The van der Waals surface area contributed by atoms with Crippen molar-refractivity contribution >= 4 is 23.0 Å². The highest BCUT2D eigenvalue weighted by molar-refractivity contribution is 5.92. The van der Waals surface area contributed by atoms with Crippen molar-refractivity contribution in [3.05, 3.63) is 71.0 Å². The number of aryl methyl sites for hydroxylation is 1. The molecule has 4 rings (SSSR count). The lowest BCUT2D eigenvalue weighted by Gasteiger charge is -2.21. The Kier molecular flexibility index (Phi) is 7.20. The highest BCUT2D eigenvalue weighted by Gasteiger charge is 2.30. The van der Waals surface area contributed by atoms with Crippen LogP contribution in [0.15, 0.2) is 48.5 Å². The van der Waals surface area contributed by atoms with Crippen molar-refractivity contribution in [3.8, 4) is 11.4 Å². The predicted molar refractivity (Wildman–Crippen MR) is 136 cm³/mol. The molecule has 0 spiro atoms. The Morgan fingerprint density at radius 3 is 2.38 bits per heavy atom. The minimum Gasteiger partial charge on any atom is -0.475 e. The third-order valence-corrected chi connectivity index (χ3v) is 6.08. The van der Waals surface area contributed by atoms with Crippen LogP contribution in [0.5, 0.6) is 0 Å². The number of rotatable bonds is 8. The molecule has 0 unspecified atom stereocenters. The van der Waals surface area contributed by atoms with E-state index in [9.17, 15) is 23.1 Å². The minimum absolute atomic E-state index is 0.193. The molecule has 0 aliphatic heterocycles. The number of hydrogen-bond donors (Lipinski definition) is 1. The molecule has 0 fully saturated rings. The SMILES string of the molecule is Cc1cccc(-c2nc3nc(C(=O)O)nc(N(C)CCC(C)C)c3n2Cc2ccc(C(F)(F)F)cc2)c1. The summed E-state index contributed by atoms with van der Waals surface area (Å²) in [5.41, 5.74) is 2.40. The fourth-order valence-corrected chi connectivity index (χ4v) is 4.08. The van der Waals surface area contributed by atoms with Crippen molar-refractivity contribution in [3.63, 3.8) is 0 Å². The van der Waals surface area contributed by atoms with Gasteiger partial charge in [0.2, 0.25) is 5.82 Å². The first-order chi connectivity index (χ1) is 17.4. The first-order valence-corrected chi connectivity index (χ1v) is 11.9. The van der Waals surface area contributed by atoms with E-state index < -0.39 is 17.7 Å². The molecule has 0 radical (unpaired) electrons. The normalized spacial score (nSPS) is 11.9. The quantitative estimate of drug-likeness (QED) is 0.310. The van der Waals surface area contributed by atoms with Gasteiger partial charge >= 0.3 is 12.1 Å². The molecule has 0 saturated heterocycles. The standard InChI is InChI=1S/C27H28F3N5O2/c1-16(2)12-13-34(4)25-21-22(31-23(33-25)26(36)37)32-24(19-7-5-6-17(3)14-19)35(21)15-18-8-10-20(11-9-18)27(28,29)30/h5-11,14,16H,12-13,15H2,1-4H3,(H,36,37). The molecule has 0 bridgehead atoms. The molecule has 37 heavy (non-hydrogen) atoms. The molecule has 0 amide bonds. The van der Waals surface area contributed by atoms with Crippen LogP contribution in [0.3, 0.4) is 0 Å². The first-order valence-electron chi connectivity index (χ1n) is 11.9. The summed E-state index contributed by atoms with van der Waals surface area (Å²) >= 11 is 0. The lowest BCUT2D eigenvalue weighted by atomic mass is 10.1. The second-order valence-corrected chi connectivity index (χ2v) is 9.54. The van der Waals surface area contributed by atoms with Crippen LogP contribution in [0, 0.1) is 12.8 Å². The molecular weight excluding hydrogens is 483 g/mol. The molecule has 10 heteroatoms. The van der Waals surface area contributed by atoms with Gasteiger partial charge in [0, 0.05) is 25.7 Å². The number of anilines is 1. The molecule has 194 valence electrons. The summed E-state index contributed by atoms with van der Waals surface area (Å²) in [6.07, 6.45) is -3.58. The topological polar surface area (TPSA) is 84.1 Å². The van der Waals surface area contributed by atoms with E-state index in [1.165, 1.54) is 12.1 Å². The summed E-state index contributed by atoms with van der Waals surface area (Å²) < 4.78 is 41.2. The number of aromatic carboxylic acids is 1. The smallest absolute Gasteiger partial charge is 0.416 e. The summed E-state index contributed by atoms with van der Waals surface area (Å²) in [5, 5.41) is 9.66. The molecule has 0 atom stereocenters. The van der Waals surface area contributed by atoms with Crippen molar-refractivity contribution in [1.29, 1.82) is 0 Å². The Labute approximate surface area is 212 Å². The van der Waals surface area contributed by atoms with E-state index in [-0.39, 0.29) is 18.0 Å². The number of alkyl halides is 3. The number of carboxylic acid groups (broad SMARTS) is 1. The second-order valence-electron chi connectivity index (χ2n) is 9.54. The van der Waals surface area contributed by atoms with Crippen LogP contribution >= 0.6 is 0 Å². The third-order valence-electron chi connectivity index (χ3n) is 6.08. The summed E-state index contributed by atoms with van der Waals surface area (Å²) in [6, 6.07) is 12.6. The number of nitrogens with zero attached hydrogens (tertiary/aromatic N) is 5. The molecule has 0 saturated carbocycles. The first kappa shape index (κ1) is 26.1. The number of fused-ring (bicyclic) bond motifs is 1. The van der Waals surface area contributed by atoms with E-state index in [1.54, 1.807) is 0 Å². The van der Waals surface area contributed by atoms with E-state index in [0.717, 1.165) is 29.7 Å². The van der Waals surface area contributed by atoms with Gasteiger partial charge in [0.1, 0.15) is 11.3 Å². The van der Waals surface area contributed by atoms with Crippen molar-refractivity contribution in [2.75, 3.05) is 18.5 Å². The van der Waals surface area contributed by atoms with Crippen molar-refractivity contribution in [2.45, 2.75) is 39.9 Å². The van der Waals surface area contributed by atoms with Crippen LogP contribution in [0.25, 0.3) is 22.6 Å². The number of benzene rings is 2. The predicted octanol–water partition coefficient (Wildman–Crippen LogP) is 6.05. The molecule has 2 heterocycles. The average Bonchev–Trinajstić information content (AvgIpc) is 3.20. The third kappa shape index (κ3) is 5.73. The maximum Gasteiger partial charge on any atom is 0.416 e. The fourth-order valence-electron chi connectivity index (χ4n) is 4.08. The van der Waals surface area contributed by atoms with Gasteiger partial charge < -0.3 is 14.6 Å².